The standard InChI is InChI=1S/C9H6N2O3/c12-9(13)7-3-1-2-6(4-7)8-11-10-5-14-8/h1-5H,(H,12,13). The first-order chi connectivity index (χ1) is 6.77. The lowest BCUT2D eigenvalue weighted by molar-refractivity contribution is 0.0697. The zero-order chi connectivity index (χ0) is 9.97. The van der Waals surface area contributed by atoms with Gasteiger partial charge in [-0.25, -0.2) is 4.79 Å². The van der Waals surface area contributed by atoms with Gasteiger partial charge in [0.25, 0.3) is 0 Å². The van der Waals surface area contributed by atoms with Crippen LogP contribution in [0.25, 0.3) is 11.5 Å². The van der Waals surface area contributed by atoms with Crippen molar-refractivity contribution >= 4 is 5.97 Å². The predicted molar refractivity (Wildman–Crippen MR) is 46.7 cm³/mol. The van der Waals surface area contributed by atoms with Gasteiger partial charge in [0.2, 0.25) is 12.3 Å². The smallest absolute Gasteiger partial charge is 0.335 e. The number of hydrogen-bond acceptors (Lipinski definition) is 4. The fraction of sp³-hybridized carbons (Fsp3) is 0. The molecule has 0 amide bonds. The van der Waals surface area contributed by atoms with E-state index in [-0.39, 0.29) is 5.56 Å². The lowest BCUT2D eigenvalue weighted by Crippen LogP contribution is -1.95. The van der Waals surface area contributed by atoms with Gasteiger partial charge in [-0.1, -0.05) is 6.07 Å². The minimum absolute atomic E-state index is 0.195. The van der Waals surface area contributed by atoms with Crippen LogP contribution in [0.2, 0.25) is 0 Å². The Morgan fingerprint density at radius 2 is 2.29 bits per heavy atom. The number of hydrogen-bond donors (Lipinski definition) is 1. The fourth-order valence-corrected chi connectivity index (χ4v) is 1.08. The molecule has 0 bridgehead atoms. The zero-order valence-electron chi connectivity index (χ0n) is 7.04. The number of carboxylic acids is 1. The topological polar surface area (TPSA) is 76.2 Å². The molecule has 1 heterocycles. The van der Waals surface area contributed by atoms with Gasteiger partial charge in [0.15, 0.2) is 0 Å². The van der Waals surface area contributed by atoms with Gasteiger partial charge in [0.1, 0.15) is 0 Å². The molecule has 2 aromatic rings. The second kappa shape index (κ2) is 3.29. The number of carbonyl (C=O) groups is 1. The van der Waals surface area contributed by atoms with Crippen LogP contribution in [0, 0.1) is 0 Å². The summed E-state index contributed by atoms with van der Waals surface area (Å²) in [5, 5.41) is 15.9. The number of nitrogens with zero attached hydrogens (tertiary/aromatic N) is 2. The maximum atomic E-state index is 10.7. The van der Waals surface area contributed by atoms with Gasteiger partial charge in [-0.05, 0) is 18.2 Å². The van der Waals surface area contributed by atoms with Crippen molar-refractivity contribution in [3.05, 3.63) is 36.2 Å². The van der Waals surface area contributed by atoms with E-state index in [1.165, 1.54) is 18.5 Å². The van der Waals surface area contributed by atoms with Gasteiger partial charge in [0, 0.05) is 5.56 Å². The molecule has 0 fully saturated rings. The van der Waals surface area contributed by atoms with E-state index in [0.717, 1.165) is 0 Å². The molecule has 1 aromatic heterocycles. The van der Waals surface area contributed by atoms with Crippen LogP contribution in [0.15, 0.2) is 35.1 Å². The summed E-state index contributed by atoms with van der Waals surface area (Å²) in [5.74, 6) is -0.667. The molecule has 0 saturated heterocycles. The average molecular weight is 190 g/mol. The monoisotopic (exact) mass is 190 g/mol. The second-order valence-corrected chi connectivity index (χ2v) is 2.63. The van der Waals surface area contributed by atoms with Gasteiger partial charge in [-0.2, -0.15) is 0 Å². The molecule has 0 aliphatic carbocycles. The molecule has 5 nitrogen and oxygen atoms in total. The summed E-state index contributed by atoms with van der Waals surface area (Å²) in [6.07, 6.45) is 1.20. The van der Waals surface area contributed by atoms with Crippen LogP contribution >= 0.6 is 0 Å². The molecule has 14 heavy (non-hydrogen) atoms. The average Bonchev–Trinajstić information content (AvgIpc) is 2.71. The maximum absolute atomic E-state index is 10.7. The SMILES string of the molecule is O=C(O)c1cccc(-c2nnco2)c1. The summed E-state index contributed by atoms with van der Waals surface area (Å²) in [6, 6.07) is 6.32. The number of benzene rings is 1. The van der Waals surface area contributed by atoms with Crippen LogP contribution in [0.1, 0.15) is 10.4 Å². The highest BCUT2D eigenvalue weighted by Gasteiger charge is 2.07. The van der Waals surface area contributed by atoms with Gasteiger partial charge in [0.05, 0.1) is 5.56 Å². The predicted octanol–water partition coefficient (Wildman–Crippen LogP) is 1.43. The molecular formula is C9H6N2O3. The Labute approximate surface area is 79.0 Å². The van der Waals surface area contributed by atoms with Crippen molar-refractivity contribution in [1.29, 1.82) is 0 Å². The van der Waals surface area contributed by atoms with Gasteiger partial charge in [-0.3, -0.25) is 0 Å². The van der Waals surface area contributed by atoms with E-state index < -0.39 is 5.97 Å². The Morgan fingerprint density at radius 1 is 1.43 bits per heavy atom. The number of carboxylic acid groups (broad SMARTS) is 1. The second-order valence-electron chi connectivity index (χ2n) is 2.63. The summed E-state index contributed by atoms with van der Waals surface area (Å²) in [6.45, 7) is 0. The number of aromatic carboxylic acids is 1. The molecule has 2 rings (SSSR count). The summed E-state index contributed by atoms with van der Waals surface area (Å²) >= 11 is 0. The highest BCUT2D eigenvalue weighted by atomic mass is 16.4. The maximum Gasteiger partial charge on any atom is 0.335 e. The highest BCUT2D eigenvalue weighted by molar-refractivity contribution is 5.88. The van der Waals surface area contributed by atoms with Crippen LogP contribution in [0.3, 0.4) is 0 Å². The number of rotatable bonds is 2. The van der Waals surface area contributed by atoms with Crippen molar-refractivity contribution in [2.45, 2.75) is 0 Å². The molecule has 1 N–H and O–H groups in total. The van der Waals surface area contributed by atoms with E-state index in [2.05, 4.69) is 10.2 Å². The molecule has 0 aliphatic rings. The van der Waals surface area contributed by atoms with E-state index in [0.29, 0.717) is 11.5 Å². The lowest BCUT2D eigenvalue weighted by Gasteiger charge is -1.96. The van der Waals surface area contributed by atoms with Crippen molar-refractivity contribution in [2.24, 2.45) is 0 Å². The zero-order valence-corrected chi connectivity index (χ0v) is 7.04. The molecule has 0 radical (unpaired) electrons. The molecule has 0 atom stereocenters. The van der Waals surface area contributed by atoms with Crippen LogP contribution in [-0.2, 0) is 0 Å². The van der Waals surface area contributed by atoms with Crippen molar-refractivity contribution in [1.82, 2.24) is 10.2 Å². The first kappa shape index (κ1) is 8.43. The largest absolute Gasteiger partial charge is 0.478 e. The van der Waals surface area contributed by atoms with E-state index in [1.54, 1.807) is 12.1 Å². The van der Waals surface area contributed by atoms with Crippen molar-refractivity contribution < 1.29 is 14.3 Å². The molecule has 0 spiro atoms. The Morgan fingerprint density at radius 3 is 2.93 bits per heavy atom. The number of aromatic nitrogens is 2. The highest BCUT2D eigenvalue weighted by Crippen LogP contribution is 2.17. The van der Waals surface area contributed by atoms with Crippen molar-refractivity contribution in [2.75, 3.05) is 0 Å². The summed E-state index contributed by atoms with van der Waals surface area (Å²) in [4.78, 5) is 10.7. The molecule has 1 aromatic carbocycles. The quantitative estimate of drug-likeness (QED) is 0.775. The molecule has 0 unspecified atom stereocenters. The molecule has 0 saturated carbocycles. The third kappa shape index (κ3) is 1.47. The van der Waals surface area contributed by atoms with Crippen LogP contribution in [0.5, 0.6) is 0 Å². The van der Waals surface area contributed by atoms with Gasteiger partial charge < -0.3 is 9.52 Å². The van der Waals surface area contributed by atoms with Crippen LogP contribution < -0.4 is 0 Å². The van der Waals surface area contributed by atoms with E-state index in [1.807, 2.05) is 0 Å². The normalized spacial score (nSPS) is 10.0. The molecule has 70 valence electrons. The Kier molecular flexibility index (Phi) is 1.98. The summed E-state index contributed by atoms with van der Waals surface area (Å²) in [5.41, 5.74) is 0.795. The molecule has 5 heteroatoms. The fourth-order valence-electron chi connectivity index (χ4n) is 1.08. The Hall–Kier alpha value is -2.17. The van der Waals surface area contributed by atoms with E-state index >= 15 is 0 Å². The summed E-state index contributed by atoms with van der Waals surface area (Å²) in [7, 11) is 0. The summed E-state index contributed by atoms with van der Waals surface area (Å²) < 4.78 is 4.94. The van der Waals surface area contributed by atoms with Crippen molar-refractivity contribution in [3.8, 4) is 11.5 Å². The third-order valence-electron chi connectivity index (χ3n) is 1.72. The van der Waals surface area contributed by atoms with Crippen molar-refractivity contribution in [3.63, 3.8) is 0 Å². The van der Waals surface area contributed by atoms with E-state index in [4.69, 9.17) is 9.52 Å². The lowest BCUT2D eigenvalue weighted by atomic mass is 10.1. The van der Waals surface area contributed by atoms with Gasteiger partial charge in [-0.15, -0.1) is 10.2 Å². The Balaban J connectivity index is 2.46. The third-order valence-corrected chi connectivity index (χ3v) is 1.72. The van der Waals surface area contributed by atoms with Gasteiger partial charge >= 0.3 is 5.97 Å². The van der Waals surface area contributed by atoms with Crippen LogP contribution in [-0.4, -0.2) is 21.3 Å². The van der Waals surface area contributed by atoms with Crippen LogP contribution in [0.4, 0.5) is 0 Å². The first-order valence-electron chi connectivity index (χ1n) is 3.87. The minimum atomic E-state index is -0.980. The minimum Gasteiger partial charge on any atom is -0.478 e. The molecule has 0 aliphatic heterocycles. The van der Waals surface area contributed by atoms with E-state index in [9.17, 15) is 4.79 Å². The Bertz CT molecular complexity index is 451. The molecular weight excluding hydrogens is 184 g/mol. The first-order valence-corrected chi connectivity index (χ1v) is 3.87.